The molecule has 5 heterocycles. The van der Waals surface area contributed by atoms with Gasteiger partial charge in [-0.3, -0.25) is 0 Å². The topological polar surface area (TPSA) is 61.2 Å². The third-order valence-corrected chi connectivity index (χ3v) is 13.9. The molecule has 0 fully saturated rings. The number of hydrogen-bond acceptors (Lipinski definition) is 4. The van der Waals surface area contributed by atoms with Crippen molar-refractivity contribution in [2.45, 2.75) is 0 Å². The molecule has 10 aromatic carbocycles. The summed E-state index contributed by atoms with van der Waals surface area (Å²) in [7, 11) is 0. The van der Waals surface area contributed by atoms with Crippen LogP contribution in [0.2, 0.25) is 0 Å². The second-order valence-corrected chi connectivity index (χ2v) is 17.6. The van der Waals surface area contributed by atoms with E-state index in [1.807, 2.05) is 24.3 Å². The predicted octanol–water partition coefficient (Wildman–Crippen LogP) is 15.8. The summed E-state index contributed by atoms with van der Waals surface area (Å²) in [5.74, 6) is 1.82. The van der Waals surface area contributed by atoms with Gasteiger partial charge in [0, 0.05) is 65.5 Å². The van der Waals surface area contributed by atoms with Gasteiger partial charge in [0.1, 0.15) is 11.2 Å². The van der Waals surface area contributed by atoms with E-state index >= 15 is 0 Å². The molecule has 5 aromatic heterocycles. The standard InChI is InChI=1S/C61H35N5O/c1-2-14-42(15-3-1)65-51-20-7-4-16-43(51)47-32-39(28-30-53(47)65)36-24-26-38(27-25-36)59-62-60(40-29-31-56-48(33-40)45-18-6-9-23-55(45)67-56)64-61(63-59)41-34-49-44-17-5-8-21-52(44)66-54-22-11-13-37-12-10-19-46(57(37)54)50(35-41)58(49)66/h1-35H. The van der Waals surface area contributed by atoms with Gasteiger partial charge in [-0.25, -0.2) is 15.0 Å². The molecule has 6 heteroatoms. The van der Waals surface area contributed by atoms with Crippen molar-refractivity contribution in [1.29, 1.82) is 0 Å². The lowest BCUT2D eigenvalue weighted by Gasteiger charge is -2.14. The molecule has 0 spiro atoms. The van der Waals surface area contributed by atoms with Crippen LogP contribution in [-0.2, 0) is 0 Å². The Balaban J connectivity index is 0.924. The Labute approximate surface area is 382 Å². The minimum atomic E-state index is 0.597. The molecule has 0 saturated carbocycles. The summed E-state index contributed by atoms with van der Waals surface area (Å²) in [6.07, 6.45) is 0. The van der Waals surface area contributed by atoms with Gasteiger partial charge in [0.25, 0.3) is 0 Å². The van der Waals surface area contributed by atoms with Crippen LogP contribution in [0.5, 0.6) is 0 Å². The predicted molar refractivity (Wildman–Crippen MR) is 275 cm³/mol. The molecule has 0 aliphatic heterocycles. The molecule has 0 aliphatic rings. The van der Waals surface area contributed by atoms with Gasteiger partial charge in [0.05, 0.1) is 27.6 Å². The van der Waals surface area contributed by atoms with Crippen molar-refractivity contribution in [2.75, 3.05) is 0 Å². The lowest BCUT2D eigenvalue weighted by atomic mass is 9.97. The normalized spacial score (nSPS) is 12.2. The Kier molecular flexibility index (Phi) is 7.40. The number of pyridine rings is 1. The van der Waals surface area contributed by atoms with E-state index in [2.05, 4.69) is 197 Å². The fraction of sp³-hybridized carbons (Fsp3) is 0. The quantitative estimate of drug-likeness (QED) is 0.128. The van der Waals surface area contributed by atoms with Crippen LogP contribution in [0.1, 0.15) is 0 Å². The van der Waals surface area contributed by atoms with Crippen molar-refractivity contribution < 1.29 is 4.42 Å². The van der Waals surface area contributed by atoms with Gasteiger partial charge in [0.2, 0.25) is 0 Å². The number of rotatable bonds is 5. The van der Waals surface area contributed by atoms with Crippen LogP contribution < -0.4 is 0 Å². The van der Waals surface area contributed by atoms with Crippen LogP contribution in [0, 0.1) is 0 Å². The van der Waals surface area contributed by atoms with E-state index in [0.29, 0.717) is 17.5 Å². The van der Waals surface area contributed by atoms with E-state index in [-0.39, 0.29) is 0 Å². The minimum absolute atomic E-state index is 0.597. The third kappa shape index (κ3) is 5.29. The van der Waals surface area contributed by atoms with Gasteiger partial charge in [-0.15, -0.1) is 0 Å². The van der Waals surface area contributed by atoms with E-state index in [9.17, 15) is 0 Å². The highest BCUT2D eigenvalue weighted by molar-refractivity contribution is 6.27. The van der Waals surface area contributed by atoms with Crippen molar-refractivity contribution in [1.82, 2.24) is 23.9 Å². The molecule has 0 bridgehead atoms. The second kappa shape index (κ2) is 13.7. The van der Waals surface area contributed by atoms with Crippen LogP contribution >= 0.6 is 0 Å². The largest absolute Gasteiger partial charge is 0.456 e. The van der Waals surface area contributed by atoms with Gasteiger partial charge >= 0.3 is 0 Å². The first-order chi connectivity index (χ1) is 33.2. The average Bonchev–Trinajstić information content (AvgIpc) is 4.05. The Morgan fingerprint density at radius 2 is 0.851 bits per heavy atom. The minimum Gasteiger partial charge on any atom is -0.456 e. The Bertz CT molecular complexity index is 4500. The van der Waals surface area contributed by atoms with Gasteiger partial charge in [-0.2, -0.15) is 0 Å². The number of furan rings is 1. The zero-order valence-electron chi connectivity index (χ0n) is 35.9. The molecule has 0 N–H and O–H groups in total. The average molecular weight is 854 g/mol. The zero-order chi connectivity index (χ0) is 43.7. The molecule has 15 aromatic rings. The Morgan fingerprint density at radius 3 is 1.67 bits per heavy atom. The Hall–Kier alpha value is -9.13. The van der Waals surface area contributed by atoms with E-state index in [1.165, 1.54) is 59.9 Å². The SMILES string of the molecule is c1ccc(-n2c3ccccc3c3cc(-c4ccc(-c5nc(-c6ccc7oc8ccccc8c7c6)nc(-c6cc7c8cccc9cccc(c98)n8c9ccccc9c(c6)c78)n5)cc4)ccc32)cc1. The maximum atomic E-state index is 6.24. The molecule has 67 heavy (non-hydrogen) atoms. The lowest BCUT2D eigenvalue weighted by Crippen LogP contribution is -2.00. The van der Waals surface area contributed by atoms with Crippen molar-refractivity contribution in [3.63, 3.8) is 0 Å². The summed E-state index contributed by atoms with van der Waals surface area (Å²) < 4.78 is 11.0. The van der Waals surface area contributed by atoms with E-state index in [4.69, 9.17) is 19.4 Å². The number of fused-ring (bicyclic) bond motifs is 11. The van der Waals surface area contributed by atoms with Crippen LogP contribution in [0.3, 0.4) is 0 Å². The highest BCUT2D eigenvalue weighted by atomic mass is 16.3. The highest BCUT2D eigenvalue weighted by Crippen LogP contribution is 2.43. The summed E-state index contributed by atoms with van der Waals surface area (Å²) in [5.41, 5.74) is 13.8. The molecular formula is C61H35N5O. The van der Waals surface area contributed by atoms with Gasteiger partial charge in [-0.05, 0) is 101 Å². The Morgan fingerprint density at radius 1 is 0.313 bits per heavy atom. The molecule has 6 nitrogen and oxygen atoms in total. The highest BCUT2D eigenvalue weighted by Gasteiger charge is 2.22. The number of hydrogen-bond donors (Lipinski definition) is 0. The molecule has 0 radical (unpaired) electrons. The number of nitrogens with zero attached hydrogens (tertiary/aromatic N) is 5. The van der Waals surface area contributed by atoms with Crippen molar-refractivity contribution in [3.8, 4) is 51.0 Å². The zero-order valence-corrected chi connectivity index (χ0v) is 35.9. The van der Waals surface area contributed by atoms with Crippen LogP contribution in [0.4, 0.5) is 0 Å². The second-order valence-electron chi connectivity index (χ2n) is 17.6. The molecular weight excluding hydrogens is 819 g/mol. The maximum Gasteiger partial charge on any atom is 0.164 e. The van der Waals surface area contributed by atoms with Crippen LogP contribution in [0.15, 0.2) is 217 Å². The molecule has 0 atom stereocenters. The fourth-order valence-electron chi connectivity index (χ4n) is 10.9. The van der Waals surface area contributed by atoms with Gasteiger partial charge < -0.3 is 13.4 Å². The lowest BCUT2D eigenvalue weighted by molar-refractivity contribution is 0.669. The number of para-hydroxylation sites is 4. The first kappa shape index (κ1) is 36.2. The summed E-state index contributed by atoms with van der Waals surface area (Å²) >= 11 is 0. The molecule has 15 rings (SSSR count). The van der Waals surface area contributed by atoms with Crippen molar-refractivity contribution >= 4 is 92.6 Å². The van der Waals surface area contributed by atoms with E-state index < -0.39 is 0 Å². The smallest absolute Gasteiger partial charge is 0.164 e. The fourth-order valence-corrected chi connectivity index (χ4v) is 10.9. The van der Waals surface area contributed by atoms with Crippen LogP contribution in [-0.4, -0.2) is 23.9 Å². The first-order valence-corrected chi connectivity index (χ1v) is 22.7. The van der Waals surface area contributed by atoms with Crippen LogP contribution in [0.25, 0.3) is 144 Å². The van der Waals surface area contributed by atoms with Crippen molar-refractivity contribution in [2.24, 2.45) is 0 Å². The number of benzene rings is 10. The third-order valence-electron chi connectivity index (χ3n) is 13.9. The monoisotopic (exact) mass is 853 g/mol. The first-order valence-electron chi connectivity index (χ1n) is 22.7. The van der Waals surface area contributed by atoms with E-state index in [1.54, 1.807) is 0 Å². The summed E-state index contributed by atoms with van der Waals surface area (Å²) in [6, 6.07) is 75.6. The molecule has 310 valence electrons. The van der Waals surface area contributed by atoms with Gasteiger partial charge in [-0.1, -0.05) is 133 Å². The molecule has 0 unspecified atom stereocenters. The maximum absolute atomic E-state index is 6.24. The van der Waals surface area contributed by atoms with Crippen molar-refractivity contribution in [3.05, 3.63) is 212 Å². The summed E-state index contributed by atoms with van der Waals surface area (Å²) in [4.78, 5) is 15.9. The van der Waals surface area contributed by atoms with E-state index in [0.717, 1.165) is 66.2 Å². The molecule has 0 aliphatic carbocycles. The summed E-state index contributed by atoms with van der Waals surface area (Å²) in [6.45, 7) is 0. The number of aromatic nitrogens is 5. The van der Waals surface area contributed by atoms with Gasteiger partial charge in [0.15, 0.2) is 17.5 Å². The molecule has 0 saturated heterocycles. The molecule has 0 amide bonds. The summed E-state index contributed by atoms with van der Waals surface area (Å²) in [5, 5.41) is 11.7.